The van der Waals surface area contributed by atoms with Crippen LogP contribution < -0.4 is 4.90 Å². The Morgan fingerprint density at radius 3 is 2.30 bits per heavy atom. The first-order valence-corrected chi connectivity index (χ1v) is 7.73. The number of nitro groups is 1. The predicted octanol–water partition coefficient (Wildman–Crippen LogP) is 4.63. The summed E-state index contributed by atoms with van der Waals surface area (Å²) in [6.45, 7) is 0. The van der Waals surface area contributed by atoms with Crippen LogP contribution in [0.25, 0.3) is 0 Å². The largest absolute Gasteiger partial charge is 0.293 e. The van der Waals surface area contributed by atoms with Crippen LogP contribution in [0.2, 0.25) is 0 Å². The van der Waals surface area contributed by atoms with E-state index in [1.54, 1.807) is 60.0 Å². The van der Waals surface area contributed by atoms with Crippen LogP contribution in [0.4, 0.5) is 17.1 Å². The molecule has 5 nitrogen and oxygen atoms in total. The molecule has 0 fully saturated rings. The summed E-state index contributed by atoms with van der Waals surface area (Å²) >= 11 is 1.30. The van der Waals surface area contributed by atoms with Crippen molar-refractivity contribution in [2.45, 2.75) is 0 Å². The number of amides is 1. The van der Waals surface area contributed by atoms with Crippen molar-refractivity contribution in [1.29, 1.82) is 0 Å². The molecule has 114 valence electrons. The van der Waals surface area contributed by atoms with Gasteiger partial charge < -0.3 is 0 Å². The summed E-state index contributed by atoms with van der Waals surface area (Å²) in [6, 6.07) is 18.6. The predicted molar refractivity (Wildman–Crippen MR) is 90.3 cm³/mol. The Kier molecular flexibility index (Phi) is 4.16. The molecule has 0 bridgehead atoms. The molecule has 0 N–H and O–H groups in total. The zero-order valence-electron chi connectivity index (χ0n) is 12.0. The standard InChI is InChI=1S/C17H12N2O3S/c20-17(16-11-6-12-23-16)18(13-7-2-1-3-8-13)14-9-4-5-10-15(14)19(21)22/h1-12H. The van der Waals surface area contributed by atoms with E-state index < -0.39 is 4.92 Å². The van der Waals surface area contributed by atoms with E-state index >= 15 is 0 Å². The number of hydrogen-bond acceptors (Lipinski definition) is 4. The van der Waals surface area contributed by atoms with Gasteiger partial charge in [-0.2, -0.15) is 0 Å². The molecule has 3 rings (SSSR count). The van der Waals surface area contributed by atoms with Crippen molar-refractivity contribution in [3.63, 3.8) is 0 Å². The lowest BCUT2D eigenvalue weighted by Gasteiger charge is -2.22. The zero-order valence-corrected chi connectivity index (χ0v) is 12.8. The molecule has 0 unspecified atom stereocenters. The van der Waals surface area contributed by atoms with Gasteiger partial charge in [-0.3, -0.25) is 19.8 Å². The second kappa shape index (κ2) is 6.41. The highest BCUT2D eigenvalue weighted by molar-refractivity contribution is 7.12. The fourth-order valence-electron chi connectivity index (χ4n) is 2.26. The number of carbonyl (C=O) groups excluding carboxylic acids is 1. The maximum atomic E-state index is 12.9. The minimum atomic E-state index is -0.479. The number of carbonyl (C=O) groups is 1. The van der Waals surface area contributed by atoms with Crippen molar-refractivity contribution in [1.82, 2.24) is 0 Å². The Morgan fingerprint density at radius 1 is 0.957 bits per heavy atom. The summed E-state index contributed by atoms with van der Waals surface area (Å²) in [4.78, 5) is 25.7. The van der Waals surface area contributed by atoms with E-state index in [1.807, 2.05) is 6.07 Å². The molecule has 2 aromatic carbocycles. The van der Waals surface area contributed by atoms with Crippen LogP contribution in [0, 0.1) is 10.1 Å². The quantitative estimate of drug-likeness (QED) is 0.519. The first kappa shape index (κ1) is 14.9. The van der Waals surface area contributed by atoms with Gasteiger partial charge in [0, 0.05) is 11.8 Å². The normalized spacial score (nSPS) is 10.3. The Balaban J connectivity index is 2.17. The van der Waals surface area contributed by atoms with E-state index in [0.717, 1.165) is 0 Å². The monoisotopic (exact) mass is 324 g/mol. The Hall–Kier alpha value is -2.99. The molecule has 0 radical (unpaired) electrons. The molecule has 1 heterocycles. The molecule has 0 spiro atoms. The van der Waals surface area contributed by atoms with Gasteiger partial charge in [0.15, 0.2) is 0 Å². The summed E-state index contributed by atoms with van der Waals surface area (Å²) in [5, 5.41) is 13.1. The Morgan fingerprint density at radius 2 is 1.65 bits per heavy atom. The molecule has 0 aliphatic rings. The van der Waals surface area contributed by atoms with E-state index in [0.29, 0.717) is 10.6 Å². The first-order chi connectivity index (χ1) is 11.2. The number of hydrogen-bond donors (Lipinski definition) is 0. The molecule has 0 saturated heterocycles. The topological polar surface area (TPSA) is 63.5 Å². The maximum Gasteiger partial charge on any atom is 0.293 e. The van der Waals surface area contributed by atoms with E-state index in [4.69, 9.17) is 0 Å². The number of thiophene rings is 1. The van der Waals surface area contributed by atoms with Gasteiger partial charge in [0.1, 0.15) is 5.69 Å². The van der Waals surface area contributed by atoms with Gasteiger partial charge in [-0.1, -0.05) is 36.4 Å². The minimum absolute atomic E-state index is 0.110. The number of benzene rings is 2. The molecule has 6 heteroatoms. The molecule has 3 aromatic rings. The molecular weight excluding hydrogens is 312 g/mol. The fraction of sp³-hybridized carbons (Fsp3) is 0. The highest BCUT2D eigenvalue weighted by atomic mass is 32.1. The molecule has 23 heavy (non-hydrogen) atoms. The molecule has 1 aromatic heterocycles. The smallest absolute Gasteiger partial charge is 0.270 e. The van der Waals surface area contributed by atoms with Gasteiger partial charge in [-0.25, -0.2) is 0 Å². The van der Waals surface area contributed by atoms with Crippen molar-refractivity contribution in [2.24, 2.45) is 0 Å². The SMILES string of the molecule is O=C(c1cccs1)N(c1ccccc1)c1ccccc1[N+](=O)[O-]. The van der Waals surface area contributed by atoms with Gasteiger partial charge in [0.2, 0.25) is 0 Å². The second-order valence-electron chi connectivity index (χ2n) is 4.70. The summed E-state index contributed by atoms with van der Waals surface area (Å²) in [6.07, 6.45) is 0. The van der Waals surface area contributed by atoms with Crippen molar-refractivity contribution in [3.8, 4) is 0 Å². The van der Waals surface area contributed by atoms with E-state index in [9.17, 15) is 14.9 Å². The molecule has 1 amide bonds. The van der Waals surface area contributed by atoms with Crippen LogP contribution in [0.15, 0.2) is 72.1 Å². The Bertz CT molecular complexity index is 832. The number of nitro benzene ring substituents is 1. The summed E-state index contributed by atoms with van der Waals surface area (Å²) < 4.78 is 0. The summed E-state index contributed by atoms with van der Waals surface area (Å²) in [5.74, 6) is -0.291. The van der Waals surface area contributed by atoms with Crippen LogP contribution in [0.1, 0.15) is 9.67 Å². The van der Waals surface area contributed by atoms with Gasteiger partial charge in [0.05, 0.1) is 9.80 Å². The van der Waals surface area contributed by atoms with Crippen LogP contribution in [-0.4, -0.2) is 10.8 Å². The fourth-order valence-corrected chi connectivity index (χ4v) is 2.91. The molecule has 0 aliphatic carbocycles. The van der Waals surface area contributed by atoms with E-state index in [-0.39, 0.29) is 17.3 Å². The molecular formula is C17H12N2O3S. The average molecular weight is 324 g/mol. The van der Waals surface area contributed by atoms with Gasteiger partial charge in [-0.05, 0) is 29.6 Å². The highest BCUT2D eigenvalue weighted by Gasteiger charge is 2.26. The summed E-state index contributed by atoms with van der Waals surface area (Å²) in [5.41, 5.74) is 0.726. The minimum Gasteiger partial charge on any atom is -0.270 e. The van der Waals surface area contributed by atoms with E-state index in [2.05, 4.69) is 0 Å². The highest BCUT2D eigenvalue weighted by Crippen LogP contribution is 2.35. The van der Waals surface area contributed by atoms with Crippen LogP contribution in [0.3, 0.4) is 0 Å². The van der Waals surface area contributed by atoms with Crippen molar-refractivity contribution in [3.05, 3.63) is 87.1 Å². The van der Waals surface area contributed by atoms with Crippen LogP contribution in [-0.2, 0) is 0 Å². The third-order valence-corrected chi connectivity index (χ3v) is 4.13. The molecule has 0 aliphatic heterocycles. The Labute approximate surface area is 136 Å². The van der Waals surface area contributed by atoms with Crippen LogP contribution in [0.5, 0.6) is 0 Å². The number of nitrogens with zero attached hydrogens (tertiary/aromatic N) is 2. The summed E-state index contributed by atoms with van der Waals surface area (Å²) in [7, 11) is 0. The maximum absolute atomic E-state index is 12.9. The lowest BCUT2D eigenvalue weighted by Crippen LogP contribution is -2.25. The van der Waals surface area contributed by atoms with Crippen molar-refractivity contribution < 1.29 is 9.72 Å². The molecule has 0 atom stereocenters. The lowest BCUT2D eigenvalue weighted by molar-refractivity contribution is -0.384. The number of para-hydroxylation sites is 3. The van der Waals surface area contributed by atoms with E-state index in [1.165, 1.54) is 22.3 Å². The lowest BCUT2D eigenvalue weighted by atomic mass is 10.2. The number of rotatable bonds is 4. The van der Waals surface area contributed by atoms with Crippen LogP contribution >= 0.6 is 11.3 Å². The zero-order chi connectivity index (χ0) is 16.2. The van der Waals surface area contributed by atoms with Gasteiger partial charge >= 0.3 is 0 Å². The van der Waals surface area contributed by atoms with Crippen molar-refractivity contribution in [2.75, 3.05) is 4.90 Å². The first-order valence-electron chi connectivity index (χ1n) is 6.85. The third-order valence-electron chi connectivity index (χ3n) is 3.27. The van der Waals surface area contributed by atoms with Crippen molar-refractivity contribution >= 4 is 34.3 Å². The van der Waals surface area contributed by atoms with Gasteiger partial charge in [-0.15, -0.1) is 11.3 Å². The second-order valence-corrected chi connectivity index (χ2v) is 5.65. The molecule has 0 saturated carbocycles. The third kappa shape index (κ3) is 2.97. The van der Waals surface area contributed by atoms with Gasteiger partial charge in [0.25, 0.3) is 11.6 Å². The average Bonchev–Trinajstić information content (AvgIpc) is 3.11. The number of anilines is 2.